The number of likely N-dealkylation sites (tertiary alicyclic amines) is 1. The molecular formula is C22H28N2O4. The lowest BCUT2D eigenvalue weighted by Gasteiger charge is -2.32. The summed E-state index contributed by atoms with van der Waals surface area (Å²) in [6, 6.07) is 15.4. The van der Waals surface area contributed by atoms with Crippen LogP contribution in [-0.4, -0.2) is 44.8 Å². The van der Waals surface area contributed by atoms with Crippen molar-refractivity contribution in [1.82, 2.24) is 4.90 Å². The fourth-order valence-electron chi connectivity index (χ4n) is 3.40. The standard InChI is InChI=1S/C22H28N2O4/c1-26-19-10-11-20(21(13-19)27-2)23-22(25)24-12-6-9-18(14-24)16-28-15-17-7-4-3-5-8-17/h3-5,7-8,10-11,13,18H,6,9,12,14-16H2,1-2H3,(H,23,25). The van der Waals surface area contributed by atoms with Crippen LogP contribution in [0.1, 0.15) is 18.4 Å². The highest BCUT2D eigenvalue weighted by atomic mass is 16.5. The van der Waals surface area contributed by atoms with E-state index < -0.39 is 0 Å². The van der Waals surface area contributed by atoms with Crippen molar-refractivity contribution in [3.05, 3.63) is 54.1 Å². The molecule has 1 heterocycles. The molecule has 6 heteroatoms. The summed E-state index contributed by atoms with van der Waals surface area (Å²) in [7, 11) is 3.17. The SMILES string of the molecule is COc1ccc(NC(=O)N2CCCC(COCc3ccccc3)C2)c(OC)c1. The van der Waals surface area contributed by atoms with Gasteiger partial charge in [0.15, 0.2) is 0 Å². The molecule has 0 saturated carbocycles. The molecule has 1 saturated heterocycles. The number of carbonyl (C=O) groups is 1. The van der Waals surface area contributed by atoms with Crippen molar-refractivity contribution < 1.29 is 19.0 Å². The van der Waals surface area contributed by atoms with Crippen molar-refractivity contribution in [3.8, 4) is 11.5 Å². The molecule has 2 aromatic rings. The van der Waals surface area contributed by atoms with Gasteiger partial charge in [-0.25, -0.2) is 4.79 Å². The number of piperidine rings is 1. The van der Waals surface area contributed by atoms with Gasteiger partial charge in [-0.3, -0.25) is 0 Å². The number of amides is 2. The molecule has 2 amide bonds. The third-order valence-electron chi connectivity index (χ3n) is 4.92. The van der Waals surface area contributed by atoms with Gasteiger partial charge in [0.1, 0.15) is 11.5 Å². The zero-order valence-electron chi connectivity index (χ0n) is 16.5. The molecule has 0 radical (unpaired) electrons. The second-order valence-electron chi connectivity index (χ2n) is 6.95. The number of ether oxygens (including phenoxy) is 3. The van der Waals surface area contributed by atoms with Crippen molar-refractivity contribution in [1.29, 1.82) is 0 Å². The zero-order chi connectivity index (χ0) is 19.8. The first-order chi connectivity index (χ1) is 13.7. The summed E-state index contributed by atoms with van der Waals surface area (Å²) in [5, 5.41) is 2.95. The van der Waals surface area contributed by atoms with Crippen molar-refractivity contribution in [2.75, 3.05) is 39.2 Å². The van der Waals surface area contributed by atoms with Gasteiger partial charge >= 0.3 is 6.03 Å². The average Bonchev–Trinajstić information content (AvgIpc) is 2.75. The number of benzene rings is 2. The molecule has 1 atom stereocenters. The number of hydrogen-bond acceptors (Lipinski definition) is 4. The van der Waals surface area contributed by atoms with Crippen molar-refractivity contribution in [2.24, 2.45) is 5.92 Å². The molecule has 6 nitrogen and oxygen atoms in total. The average molecular weight is 384 g/mol. The van der Waals surface area contributed by atoms with Crippen LogP contribution in [0.4, 0.5) is 10.5 Å². The van der Waals surface area contributed by atoms with E-state index in [2.05, 4.69) is 17.4 Å². The number of anilines is 1. The molecule has 1 aliphatic rings. The largest absolute Gasteiger partial charge is 0.497 e. The first-order valence-corrected chi connectivity index (χ1v) is 9.59. The highest BCUT2D eigenvalue weighted by Gasteiger charge is 2.24. The van der Waals surface area contributed by atoms with Crippen LogP contribution in [0.3, 0.4) is 0 Å². The minimum atomic E-state index is -0.115. The second kappa shape index (κ2) is 9.99. The maximum absolute atomic E-state index is 12.7. The Balaban J connectivity index is 1.51. The van der Waals surface area contributed by atoms with Crippen LogP contribution in [0.2, 0.25) is 0 Å². The third kappa shape index (κ3) is 5.39. The van der Waals surface area contributed by atoms with E-state index in [9.17, 15) is 4.79 Å². The van der Waals surface area contributed by atoms with E-state index >= 15 is 0 Å². The van der Waals surface area contributed by atoms with Crippen LogP contribution in [0, 0.1) is 5.92 Å². The molecule has 28 heavy (non-hydrogen) atoms. The predicted octanol–water partition coefficient (Wildman–Crippen LogP) is 4.16. The summed E-state index contributed by atoms with van der Waals surface area (Å²) in [5.74, 6) is 1.61. The highest BCUT2D eigenvalue weighted by Crippen LogP contribution is 2.29. The minimum Gasteiger partial charge on any atom is -0.497 e. The number of nitrogens with one attached hydrogen (secondary N) is 1. The number of nitrogens with zero attached hydrogens (tertiary/aromatic N) is 1. The van der Waals surface area contributed by atoms with Gasteiger partial charge < -0.3 is 24.4 Å². The van der Waals surface area contributed by atoms with Crippen LogP contribution in [-0.2, 0) is 11.3 Å². The molecule has 1 unspecified atom stereocenters. The number of methoxy groups -OCH3 is 2. The van der Waals surface area contributed by atoms with E-state index in [0.29, 0.717) is 42.9 Å². The van der Waals surface area contributed by atoms with Gasteiger partial charge in [-0.15, -0.1) is 0 Å². The van der Waals surface area contributed by atoms with Crippen LogP contribution in [0.15, 0.2) is 48.5 Å². The van der Waals surface area contributed by atoms with Crippen molar-refractivity contribution in [3.63, 3.8) is 0 Å². The van der Waals surface area contributed by atoms with Crippen molar-refractivity contribution in [2.45, 2.75) is 19.4 Å². The molecule has 150 valence electrons. The van der Waals surface area contributed by atoms with E-state index in [1.165, 1.54) is 5.56 Å². The monoisotopic (exact) mass is 384 g/mol. The van der Waals surface area contributed by atoms with Gasteiger partial charge in [0, 0.05) is 25.1 Å². The fraction of sp³-hybridized carbons (Fsp3) is 0.409. The Morgan fingerprint density at radius 2 is 1.96 bits per heavy atom. The fourth-order valence-corrected chi connectivity index (χ4v) is 3.40. The Bertz CT molecular complexity index is 766. The molecule has 1 fully saturated rings. The van der Waals surface area contributed by atoms with E-state index in [1.807, 2.05) is 23.1 Å². The zero-order valence-corrected chi connectivity index (χ0v) is 16.5. The van der Waals surface area contributed by atoms with Gasteiger partial charge in [0.25, 0.3) is 0 Å². The minimum absolute atomic E-state index is 0.115. The smallest absolute Gasteiger partial charge is 0.321 e. The van der Waals surface area contributed by atoms with Crippen LogP contribution < -0.4 is 14.8 Å². The highest BCUT2D eigenvalue weighted by molar-refractivity contribution is 5.91. The van der Waals surface area contributed by atoms with Crippen LogP contribution in [0.5, 0.6) is 11.5 Å². The lowest BCUT2D eigenvalue weighted by atomic mass is 9.99. The third-order valence-corrected chi connectivity index (χ3v) is 4.92. The molecule has 2 aromatic carbocycles. The Morgan fingerprint density at radius 1 is 1.14 bits per heavy atom. The molecule has 0 bridgehead atoms. The van der Waals surface area contributed by atoms with Gasteiger partial charge in [0.2, 0.25) is 0 Å². The van der Waals surface area contributed by atoms with E-state index in [-0.39, 0.29) is 6.03 Å². The van der Waals surface area contributed by atoms with E-state index in [4.69, 9.17) is 14.2 Å². The topological polar surface area (TPSA) is 60.0 Å². The van der Waals surface area contributed by atoms with Crippen LogP contribution >= 0.6 is 0 Å². The Kier molecular flexibility index (Phi) is 7.14. The first-order valence-electron chi connectivity index (χ1n) is 9.59. The van der Waals surface area contributed by atoms with E-state index in [1.54, 1.807) is 32.4 Å². The molecule has 1 aliphatic heterocycles. The lowest BCUT2D eigenvalue weighted by Crippen LogP contribution is -2.43. The number of hydrogen-bond donors (Lipinski definition) is 1. The molecular weight excluding hydrogens is 356 g/mol. The first kappa shape index (κ1) is 20.0. The summed E-state index contributed by atoms with van der Waals surface area (Å²) in [4.78, 5) is 14.6. The molecule has 0 aliphatic carbocycles. The molecule has 0 aromatic heterocycles. The number of rotatable bonds is 7. The normalized spacial score (nSPS) is 16.5. The maximum Gasteiger partial charge on any atom is 0.321 e. The number of carbonyl (C=O) groups excluding carboxylic acids is 1. The number of urea groups is 1. The summed E-state index contributed by atoms with van der Waals surface area (Å²) in [6.07, 6.45) is 2.05. The van der Waals surface area contributed by atoms with Gasteiger partial charge in [-0.1, -0.05) is 30.3 Å². The summed E-state index contributed by atoms with van der Waals surface area (Å²) in [6.45, 7) is 2.70. The van der Waals surface area contributed by atoms with Crippen LogP contribution in [0.25, 0.3) is 0 Å². The Morgan fingerprint density at radius 3 is 2.71 bits per heavy atom. The van der Waals surface area contributed by atoms with Crippen molar-refractivity contribution >= 4 is 11.7 Å². The summed E-state index contributed by atoms with van der Waals surface area (Å²) in [5.41, 5.74) is 1.80. The lowest BCUT2D eigenvalue weighted by molar-refractivity contribution is 0.0606. The van der Waals surface area contributed by atoms with Gasteiger partial charge in [-0.05, 0) is 30.5 Å². The summed E-state index contributed by atoms with van der Waals surface area (Å²) < 4.78 is 16.4. The van der Waals surface area contributed by atoms with Gasteiger partial charge in [0.05, 0.1) is 33.1 Å². The molecule has 3 rings (SSSR count). The van der Waals surface area contributed by atoms with E-state index in [0.717, 1.165) is 19.4 Å². The second-order valence-corrected chi connectivity index (χ2v) is 6.95. The molecule has 1 N–H and O–H groups in total. The maximum atomic E-state index is 12.7. The molecule has 0 spiro atoms. The predicted molar refractivity (Wildman–Crippen MR) is 109 cm³/mol. The summed E-state index contributed by atoms with van der Waals surface area (Å²) >= 11 is 0. The Labute approximate surface area is 166 Å². The quantitative estimate of drug-likeness (QED) is 0.779. The Hall–Kier alpha value is -2.73. The van der Waals surface area contributed by atoms with Gasteiger partial charge in [-0.2, -0.15) is 0 Å².